The highest BCUT2D eigenvalue weighted by atomic mass is 79.9. The normalized spacial score (nSPS) is 19.5. The topological polar surface area (TPSA) is 58.2 Å². The van der Waals surface area contributed by atoms with Crippen molar-refractivity contribution in [1.82, 2.24) is 5.32 Å². The van der Waals surface area contributed by atoms with Gasteiger partial charge in [0.05, 0.1) is 22.1 Å². The Kier molecular flexibility index (Phi) is 7.44. The summed E-state index contributed by atoms with van der Waals surface area (Å²) in [5.41, 5.74) is -1.22. The first-order valence-electron chi connectivity index (χ1n) is 9.21. The van der Waals surface area contributed by atoms with E-state index in [1.807, 2.05) is 0 Å². The maximum Gasteiger partial charge on any atom is 0.416 e. The van der Waals surface area contributed by atoms with E-state index in [2.05, 4.69) is 21.2 Å². The van der Waals surface area contributed by atoms with Crippen molar-refractivity contribution in [3.05, 3.63) is 62.6 Å². The van der Waals surface area contributed by atoms with Crippen molar-refractivity contribution in [2.24, 2.45) is 5.92 Å². The number of amides is 2. The smallest absolute Gasteiger partial charge is 0.343 e. The lowest BCUT2D eigenvalue weighted by molar-refractivity contribution is -0.137. The highest BCUT2D eigenvalue weighted by Gasteiger charge is 2.67. The van der Waals surface area contributed by atoms with Crippen LogP contribution in [0.1, 0.15) is 27.4 Å². The zero-order valence-electron chi connectivity index (χ0n) is 16.4. The van der Waals surface area contributed by atoms with Crippen LogP contribution >= 0.6 is 50.7 Å². The van der Waals surface area contributed by atoms with E-state index >= 15 is 0 Å². The molecule has 2 amide bonds. The standard InChI is InChI=1S/C20H12BrCl3F6N2O2/c21-10-4-8(3-9(5-10)20(28,29)30)14-15(19(14,23)24)17(34)32-11-1-2-13(22)12(6-11)16(33)31-7-18(25,26)27/h1-6,14-15H,7H2,(H,31,33)(H,32,34)/t14-,15+/m0/s1. The predicted octanol–water partition coefficient (Wildman–Crippen LogP) is 6.94. The number of alkyl halides is 8. The lowest BCUT2D eigenvalue weighted by Gasteiger charge is -2.11. The van der Waals surface area contributed by atoms with Crippen LogP contribution in [0.2, 0.25) is 5.02 Å². The maximum absolute atomic E-state index is 13.2. The number of carbonyl (C=O) groups excluding carboxylic acids is 2. The average molecular weight is 613 g/mol. The summed E-state index contributed by atoms with van der Waals surface area (Å²) in [7, 11) is 0. The van der Waals surface area contributed by atoms with Gasteiger partial charge in [-0.1, -0.05) is 27.5 Å². The summed E-state index contributed by atoms with van der Waals surface area (Å²) in [6.07, 6.45) is -9.28. The second kappa shape index (κ2) is 9.40. The Hall–Kier alpha value is -1.69. The minimum absolute atomic E-state index is 0.00781. The van der Waals surface area contributed by atoms with Gasteiger partial charge in [-0.15, -0.1) is 23.2 Å². The number of anilines is 1. The zero-order valence-corrected chi connectivity index (χ0v) is 20.3. The van der Waals surface area contributed by atoms with E-state index in [9.17, 15) is 35.9 Å². The van der Waals surface area contributed by atoms with Gasteiger partial charge in [0, 0.05) is 16.1 Å². The fourth-order valence-corrected chi connectivity index (χ4v) is 4.84. The highest BCUT2D eigenvalue weighted by molar-refractivity contribution is 9.10. The lowest BCUT2D eigenvalue weighted by atomic mass is 10.0. The molecule has 0 spiro atoms. The molecule has 14 heteroatoms. The van der Waals surface area contributed by atoms with Crippen molar-refractivity contribution in [2.75, 3.05) is 11.9 Å². The van der Waals surface area contributed by atoms with Crippen molar-refractivity contribution in [1.29, 1.82) is 0 Å². The van der Waals surface area contributed by atoms with E-state index in [-0.39, 0.29) is 26.3 Å². The Morgan fingerprint density at radius 3 is 2.26 bits per heavy atom. The van der Waals surface area contributed by atoms with Gasteiger partial charge in [-0.3, -0.25) is 9.59 Å². The van der Waals surface area contributed by atoms with Gasteiger partial charge in [0.15, 0.2) is 0 Å². The van der Waals surface area contributed by atoms with E-state index in [1.54, 1.807) is 5.32 Å². The second-order valence-corrected chi connectivity index (χ2v) is 10.1. The summed E-state index contributed by atoms with van der Waals surface area (Å²) >= 11 is 21.3. The number of rotatable bonds is 5. The first-order chi connectivity index (χ1) is 15.5. The van der Waals surface area contributed by atoms with Crippen molar-refractivity contribution in [3.8, 4) is 0 Å². The van der Waals surface area contributed by atoms with Gasteiger partial charge in [-0.05, 0) is 42.0 Å². The molecule has 0 aliphatic heterocycles. The maximum atomic E-state index is 13.2. The first-order valence-corrected chi connectivity index (χ1v) is 11.1. The van der Waals surface area contributed by atoms with Crippen LogP contribution in [0.15, 0.2) is 40.9 Å². The summed E-state index contributed by atoms with van der Waals surface area (Å²) in [4.78, 5) is 24.8. The number of hydrogen-bond donors (Lipinski definition) is 2. The van der Waals surface area contributed by atoms with Gasteiger partial charge >= 0.3 is 12.4 Å². The quantitative estimate of drug-likeness (QED) is 0.284. The fraction of sp³-hybridized carbons (Fsp3) is 0.300. The molecule has 1 fully saturated rings. The first kappa shape index (κ1) is 26.9. The van der Waals surface area contributed by atoms with Gasteiger partial charge in [0.2, 0.25) is 5.91 Å². The van der Waals surface area contributed by atoms with Crippen LogP contribution in [0.25, 0.3) is 0 Å². The van der Waals surface area contributed by atoms with Crippen molar-refractivity contribution in [2.45, 2.75) is 22.6 Å². The molecule has 34 heavy (non-hydrogen) atoms. The molecular formula is C20H12BrCl3F6N2O2. The molecule has 0 unspecified atom stereocenters. The molecule has 4 nitrogen and oxygen atoms in total. The Bertz CT molecular complexity index is 1140. The number of halogens is 10. The molecule has 1 aliphatic rings. The fourth-order valence-electron chi connectivity index (χ4n) is 3.30. The Balaban J connectivity index is 1.79. The van der Waals surface area contributed by atoms with Gasteiger partial charge in [-0.2, -0.15) is 26.3 Å². The molecule has 2 atom stereocenters. The van der Waals surface area contributed by atoms with Gasteiger partial charge < -0.3 is 10.6 Å². The molecule has 2 aromatic rings. The molecule has 3 rings (SSSR count). The average Bonchev–Trinajstić information content (AvgIpc) is 3.28. The van der Waals surface area contributed by atoms with Gasteiger partial charge in [0.1, 0.15) is 10.9 Å². The molecule has 0 bridgehead atoms. The molecule has 1 saturated carbocycles. The van der Waals surface area contributed by atoms with Crippen LogP contribution in [0.4, 0.5) is 32.0 Å². The van der Waals surface area contributed by atoms with Crippen LogP contribution in [0.5, 0.6) is 0 Å². The van der Waals surface area contributed by atoms with Crippen molar-refractivity contribution >= 4 is 68.2 Å². The Morgan fingerprint density at radius 2 is 1.68 bits per heavy atom. The lowest BCUT2D eigenvalue weighted by Crippen LogP contribution is -2.33. The summed E-state index contributed by atoms with van der Waals surface area (Å²) in [6.45, 7) is -1.59. The number of hydrogen-bond acceptors (Lipinski definition) is 2. The van der Waals surface area contributed by atoms with E-state index in [0.29, 0.717) is 0 Å². The molecule has 2 N–H and O–H groups in total. The van der Waals surface area contributed by atoms with E-state index in [4.69, 9.17) is 34.8 Å². The number of benzene rings is 2. The van der Waals surface area contributed by atoms with Crippen molar-refractivity contribution in [3.63, 3.8) is 0 Å². The van der Waals surface area contributed by atoms with Crippen LogP contribution in [-0.2, 0) is 11.0 Å². The Labute approximate surface area is 212 Å². The molecule has 0 saturated heterocycles. The summed E-state index contributed by atoms with van der Waals surface area (Å²) < 4.78 is 74.9. The number of nitrogens with one attached hydrogen (secondary N) is 2. The van der Waals surface area contributed by atoms with E-state index in [0.717, 1.165) is 18.2 Å². The van der Waals surface area contributed by atoms with Crippen molar-refractivity contribution < 1.29 is 35.9 Å². The molecule has 0 heterocycles. The SMILES string of the molecule is O=C(NCC(F)(F)F)c1cc(NC(=O)[C@H]2[C@H](c3cc(Br)cc(C(F)(F)F)c3)C2(Cl)Cl)ccc1Cl. The molecule has 2 aromatic carbocycles. The van der Waals surface area contributed by atoms with Crippen LogP contribution < -0.4 is 10.6 Å². The second-order valence-electron chi connectivity index (χ2n) is 7.38. The van der Waals surface area contributed by atoms with Crippen LogP contribution in [0.3, 0.4) is 0 Å². The predicted molar refractivity (Wildman–Crippen MR) is 118 cm³/mol. The largest absolute Gasteiger partial charge is 0.416 e. The third-order valence-electron chi connectivity index (χ3n) is 4.87. The number of carbonyl (C=O) groups is 2. The third kappa shape index (κ3) is 6.10. The van der Waals surface area contributed by atoms with E-state index in [1.165, 1.54) is 18.2 Å². The van der Waals surface area contributed by atoms with Gasteiger partial charge in [-0.25, -0.2) is 0 Å². The molecule has 0 radical (unpaired) electrons. The van der Waals surface area contributed by atoms with Crippen LogP contribution in [0, 0.1) is 5.92 Å². The summed E-state index contributed by atoms with van der Waals surface area (Å²) in [5, 5.41) is 3.90. The summed E-state index contributed by atoms with van der Waals surface area (Å²) in [5.74, 6) is -4.02. The minimum Gasteiger partial charge on any atom is -0.343 e. The third-order valence-corrected chi connectivity index (χ3v) is 6.60. The molecule has 184 valence electrons. The van der Waals surface area contributed by atoms with Gasteiger partial charge in [0.25, 0.3) is 5.91 Å². The van der Waals surface area contributed by atoms with Crippen LogP contribution in [-0.4, -0.2) is 28.9 Å². The molecule has 1 aliphatic carbocycles. The monoisotopic (exact) mass is 610 g/mol. The molecule has 0 aromatic heterocycles. The van der Waals surface area contributed by atoms with E-state index < -0.39 is 52.4 Å². The Morgan fingerprint density at radius 1 is 1.03 bits per heavy atom. The minimum atomic E-state index is -4.64. The molecular weight excluding hydrogens is 600 g/mol. The summed E-state index contributed by atoms with van der Waals surface area (Å²) in [6, 6.07) is 6.58. The highest BCUT2D eigenvalue weighted by Crippen LogP contribution is 2.65. The zero-order chi connectivity index (χ0) is 25.6.